The van der Waals surface area contributed by atoms with Crippen LogP contribution in [0.1, 0.15) is 31.1 Å². The number of carbonyl (C=O) groups is 1. The molecular weight excluding hydrogens is 380 g/mol. The molecule has 1 N–H and O–H groups in total. The molecule has 7 nitrogen and oxygen atoms in total. The number of benzene rings is 1. The highest BCUT2D eigenvalue weighted by molar-refractivity contribution is 7.92. The van der Waals surface area contributed by atoms with Crippen molar-refractivity contribution in [3.05, 3.63) is 76.9 Å². The molecule has 2 aromatic rings. The molecule has 28 heavy (non-hydrogen) atoms. The molecule has 0 saturated heterocycles. The molecule has 1 aliphatic heterocycles. The van der Waals surface area contributed by atoms with E-state index in [1.165, 1.54) is 12.3 Å². The number of esters is 1. The predicted octanol–water partition coefficient (Wildman–Crippen LogP) is 4.05. The van der Waals surface area contributed by atoms with Crippen molar-refractivity contribution in [2.45, 2.75) is 19.8 Å². The van der Waals surface area contributed by atoms with Gasteiger partial charge in [0, 0.05) is 17.3 Å². The Bertz CT molecular complexity index is 1070. The van der Waals surface area contributed by atoms with Crippen LogP contribution in [0.25, 0.3) is 16.5 Å². The van der Waals surface area contributed by atoms with E-state index in [-0.39, 0.29) is 17.2 Å². The molecule has 0 fully saturated rings. The first kappa shape index (κ1) is 19.5. The number of carbonyl (C=O) groups excluding carboxylic acids is 1. The minimum absolute atomic E-state index is 0.0522. The number of anilines is 1. The Morgan fingerprint density at radius 3 is 2.57 bits per heavy atom. The van der Waals surface area contributed by atoms with Crippen molar-refractivity contribution in [3.8, 4) is 0 Å². The molecule has 1 aromatic heterocycles. The summed E-state index contributed by atoms with van der Waals surface area (Å²) in [4.78, 5) is 15.3. The van der Waals surface area contributed by atoms with Gasteiger partial charge in [-0.2, -0.15) is 0 Å². The zero-order chi connectivity index (χ0) is 20.1. The third-order valence-electron chi connectivity index (χ3n) is 4.02. The van der Waals surface area contributed by atoms with E-state index in [1.807, 2.05) is 6.92 Å². The number of nitrogens with zero attached hydrogens (tertiary/aromatic N) is 1. The first-order valence-electron chi connectivity index (χ1n) is 8.64. The lowest BCUT2D eigenvalue weighted by Crippen LogP contribution is -2.16. The van der Waals surface area contributed by atoms with Gasteiger partial charge in [-0.25, -0.2) is 13.3 Å². The molecule has 0 bridgehead atoms. The van der Waals surface area contributed by atoms with Crippen LogP contribution in [-0.2, 0) is 19.6 Å². The Kier molecular flexibility index (Phi) is 5.66. The summed E-state index contributed by atoms with van der Waals surface area (Å²) >= 11 is 0. The normalized spacial score (nSPS) is 15.6. The van der Waals surface area contributed by atoms with Gasteiger partial charge in [0.2, 0.25) is 10.0 Å². The average molecular weight is 398 g/mol. The summed E-state index contributed by atoms with van der Waals surface area (Å²) < 4.78 is 37.0. The van der Waals surface area contributed by atoms with Crippen LogP contribution in [0, 0.1) is 6.57 Å². The summed E-state index contributed by atoms with van der Waals surface area (Å²) in [5, 5.41) is 0. The monoisotopic (exact) mass is 398 g/mol. The molecule has 3 rings (SSSR count). The van der Waals surface area contributed by atoms with E-state index in [2.05, 4.69) is 9.57 Å². The van der Waals surface area contributed by atoms with Gasteiger partial charge in [-0.3, -0.25) is 9.52 Å². The van der Waals surface area contributed by atoms with E-state index in [9.17, 15) is 13.2 Å². The van der Waals surface area contributed by atoms with E-state index < -0.39 is 16.0 Å². The molecule has 0 spiro atoms. The molecule has 0 unspecified atom stereocenters. The first-order valence-corrected chi connectivity index (χ1v) is 10.3. The van der Waals surface area contributed by atoms with Gasteiger partial charge in [0.25, 0.3) is 5.70 Å². The number of unbranched alkanes of at least 4 members (excludes halogenated alkanes) is 1. The number of ether oxygens (including phenoxy) is 1. The SMILES string of the molecule is [C-]#[N+]C1=C(c2ccc(NS(=O)(=O)CCCC)cc2)/C(=C/c2ccco2)OC1=O. The third-order valence-corrected chi connectivity index (χ3v) is 5.39. The molecule has 0 aliphatic carbocycles. The molecule has 2 heterocycles. The van der Waals surface area contributed by atoms with Gasteiger partial charge in [0.15, 0.2) is 0 Å². The lowest BCUT2D eigenvalue weighted by atomic mass is 10.0. The average Bonchev–Trinajstić information content (AvgIpc) is 3.28. The number of nitrogens with one attached hydrogen (secondary N) is 1. The van der Waals surface area contributed by atoms with Crippen LogP contribution < -0.4 is 4.72 Å². The predicted molar refractivity (Wildman–Crippen MR) is 105 cm³/mol. The van der Waals surface area contributed by atoms with Crippen LogP contribution in [0.4, 0.5) is 5.69 Å². The lowest BCUT2D eigenvalue weighted by Gasteiger charge is -2.09. The smallest absolute Gasteiger partial charge is 0.342 e. The van der Waals surface area contributed by atoms with Crippen molar-refractivity contribution in [3.63, 3.8) is 0 Å². The summed E-state index contributed by atoms with van der Waals surface area (Å²) in [5.41, 5.74) is 1.18. The molecule has 1 aromatic carbocycles. The largest absolute Gasteiger partial charge is 0.465 e. The summed E-state index contributed by atoms with van der Waals surface area (Å²) in [6, 6.07) is 9.83. The van der Waals surface area contributed by atoms with E-state index >= 15 is 0 Å². The number of hydrogen-bond donors (Lipinski definition) is 1. The first-order chi connectivity index (χ1) is 13.4. The van der Waals surface area contributed by atoms with Gasteiger partial charge < -0.3 is 9.15 Å². The van der Waals surface area contributed by atoms with Crippen molar-refractivity contribution in [1.29, 1.82) is 0 Å². The number of furan rings is 1. The van der Waals surface area contributed by atoms with Crippen LogP contribution in [-0.4, -0.2) is 20.1 Å². The molecule has 0 amide bonds. The Morgan fingerprint density at radius 1 is 1.21 bits per heavy atom. The summed E-state index contributed by atoms with van der Waals surface area (Å²) in [6.45, 7) is 9.22. The second kappa shape index (κ2) is 8.15. The van der Waals surface area contributed by atoms with Crippen molar-refractivity contribution in [1.82, 2.24) is 0 Å². The van der Waals surface area contributed by atoms with E-state index in [4.69, 9.17) is 15.7 Å². The van der Waals surface area contributed by atoms with Gasteiger partial charge in [0.1, 0.15) is 11.5 Å². The van der Waals surface area contributed by atoms with Gasteiger partial charge in [-0.1, -0.05) is 25.5 Å². The van der Waals surface area contributed by atoms with Gasteiger partial charge in [-0.15, -0.1) is 0 Å². The maximum Gasteiger partial charge on any atom is 0.342 e. The number of allylic oxidation sites excluding steroid dienone is 1. The number of hydrogen-bond acceptors (Lipinski definition) is 5. The van der Waals surface area contributed by atoms with Gasteiger partial charge in [-0.05, 0) is 36.2 Å². The van der Waals surface area contributed by atoms with Crippen molar-refractivity contribution in [2.24, 2.45) is 0 Å². The fraction of sp³-hybridized carbons (Fsp3) is 0.200. The van der Waals surface area contributed by atoms with Crippen molar-refractivity contribution in [2.75, 3.05) is 10.5 Å². The molecule has 0 atom stereocenters. The highest BCUT2D eigenvalue weighted by Crippen LogP contribution is 2.37. The molecular formula is C20H18N2O5S. The summed E-state index contributed by atoms with van der Waals surface area (Å²) in [5.74, 6) is 0.0117. The van der Waals surface area contributed by atoms with Crippen LogP contribution in [0.15, 0.2) is 58.5 Å². The summed E-state index contributed by atoms with van der Waals surface area (Å²) in [7, 11) is -3.41. The highest BCUT2D eigenvalue weighted by Gasteiger charge is 2.31. The van der Waals surface area contributed by atoms with Crippen LogP contribution >= 0.6 is 0 Å². The molecule has 0 saturated carbocycles. The van der Waals surface area contributed by atoms with Crippen LogP contribution in [0.5, 0.6) is 0 Å². The Balaban J connectivity index is 1.91. The standard InChI is InChI=1S/C20H18N2O5S/c1-3-4-12-28(24,25)22-15-9-7-14(8-10-15)18-17(13-16-6-5-11-26-16)27-20(23)19(18)21-2/h5-11,13,22H,3-4,12H2,1H3/b17-13-. The number of rotatable bonds is 7. The van der Waals surface area contributed by atoms with Crippen LogP contribution in [0.3, 0.4) is 0 Å². The maximum atomic E-state index is 12.0. The second-order valence-electron chi connectivity index (χ2n) is 6.10. The zero-order valence-electron chi connectivity index (χ0n) is 15.1. The third kappa shape index (κ3) is 4.32. The molecule has 1 aliphatic rings. The maximum absolute atomic E-state index is 12.0. The minimum atomic E-state index is -3.41. The lowest BCUT2D eigenvalue weighted by molar-refractivity contribution is -0.132. The molecule has 0 radical (unpaired) electrons. The topological polar surface area (TPSA) is 90.0 Å². The fourth-order valence-electron chi connectivity index (χ4n) is 2.67. The number of cyclic esters (lactones) is 1. The van der Waals surface area contributed by atoms with Crippen LogP contribution in [0.2, 0.25) is 0 Å². The minimum Gasteiger partial charge on any atom is -0.465 e. The Labute approximate surface area is 163 Å². The van der Waals surface area contributed by atoms with E-state index in [0.717, 1.165) is 6.42 Å². The second-order valence-corrected chi connectivity index (χ2v) is 7.94. The Hall–Kier alpha value is -3.31. The van der Waals surface area contributed by atoms with Crippen molar-refractivity contribution < 1.29 is 22.4 Å². The number of sulfonamides is 1. The quantitative estimate of drug-likeness (QED) is 0.561. The van der Waals surface area contributed by atoms with E-state index in [0.29, 0.717) is 29.0 Å². The van der Waals surface area contributed by atoms with Gasteiger partial charge >= 0.3 is 5.97 Å². The van der Waals surface area contributed by atoms with E-state index in [1.54, 1.807) is 36.4 Å². The zero-order valence-corrected chi connectivity index (χ0v) is 16.0. The molecule has 8 heteroatoms. The van der Waals surface area contributed by atoms with Gasteiger partial charge in [0.05, 0.1) is 18.6 Å². The molecule has 144 valence electrons. The Morgan fingerprint density at radius 2 is 1.96 bits per heavy atom. The van der Waals surface area contributed by atoms with Crippen molar-refractivity contribution >= 4 is 33.3 Å². The highest BCUT2D eigenvalue weighted by atomic mass is 32.2. The fourth-order valence-corrected chi connectivity index (χ4v) is 3.94. The summed E-state index contributed by atoms with van der Waals surface area (Å²) in [6.07, 6.45) is 4.38.